The first-order chi connectivity index (χ1) is 14.8. The second-order valence-corrected chi connectivity index (χ2v) is 8.79. The van der Waals surface area contributed by atoms with Crippen LogP contribution in [0.5, 0.6) is 0 Å². The van der Waals surface area contributed by atoms with E-state index in [9.17, 15) is 19.2 Å². The van der Waals surface area contributed by atoms with Crippen LogP contribution < -0.4 is 10.6 Å². The van der Waals surface area contributed by atoms with Crippen molar-refractivity contribution in [2.45, 2.75) is 18.6 Å². The summed E-state index contributed by atoms with van der Waals surface area (Å²) in [6.07, 6.45) is 0. The van der Waals surface area contributed by atoms with Gasteiger partial charge in [-0.2, -0.15) is 0 Å². The Hall–Kier alpha value is -3.10. The maximum absolute atomic E-state index is 12.9. The summed E-state index contributed by atoms with van der Waals surface area (Å²) in [5.41, 5.74) is 1.03. The molecule has 2 aromatic rings. The lowest BCUT2D eigenvalue weighted by Crippen LogP contribution is -2.61. The first-order valence-electron chi connectivity index (χ1n) is 9.55. The van der Waals surface area contributed by atoms with E-state index in [1.165, 1.54) is 9.80 Å². The molecule has 2 N–H and O–H groups in total. The van der Waals surface area contributed by atoms with Crippen LogP contribution in [0.2, 0.25) is 10.0 Å². The molecular formula is C21H16Cl2N4O4. The van der Waals surface area contributed by atoms with Crippen molar-refractivity contribution in [2.75, 3.05) is 13.1 Å². The number of hydrogen-bond donors (Lipinski definition) is 2. The Morgan fingerprint density at radius 1 is 0.806 bits per heavy atom. The van der Waals surface area contributed by atoms with Crippen molar-refractivity contribution >= 4 is 47.0 Å². The van der Waals surface area contributed by atoms with Gasteiger partial charge in [0.2, 0.25) is 0 Å². The lowest BCUT2D eigenvalue weighted by atomic mass is 9.98. The Balaban J connectivity index is 1.43. The van der Waals surface area contributed by atoms with Gasteiger partial charge in [-0.25, -0.2) is 4.79 Å². The summed E-state index contributed by atoms with van der Waals surface area (Å²) in [4.78, 5) is 53.6. The highest BCUT2D eigenvalue weighted by Crippen LogP contribution is 2.31. The van der Waals surface area contributed by atoms with E-state index >= 15 is 0 Å². The highest BCUT2D eigenvalue weighted by atomic mass is 35.5. The van der Waals surface area contributed by atoms with E-state index in [0.29, 0.717) is 21.2 Å². The number of amides is 5. The topological polar surface area (TPSA) is 98.8 Å². The number of nitrogens with one attached hydrogen (secondary N) is 2. The lowest BCUT2D eigenvalue weighted by Gasteiger charge is -2.34. The minimum atomic E-state index is -1.47. The van der Waals surface area contributed by atoms with Crippen molar-refractivity contribution in [3.05, 3.63) is 68.7 Å². The number of imide groups is 1. The monoisotopic (exact) mass is 458 g/mol. The van der Waals surface area contributed by atoms with Crippen LogP contribution in [-0.4, -0.2) is 52.2 Å². The maximum atomic E-state index is 12.9. The molecule has 2 aromatic carbocycles. The smallest absolute Gasteiger partial charge is 0.322 e. The summed E-state index contributed by atoms with van der Waals surface area (Å²) in [6, 6.07) is 9.30. The van der Waals surface area contributed by atoms with Crippen LogP contribution in [0.15, 0.2) is 36.4 Å². The molecule has 3 heterocycles. The molecule has 0 unspecified atom stereocenters. The standard InChI is InChI=1S/C21H16Cl2N4O4/c22-13-1-3-15-11(5-13)7-26(17(15)28)9-21(19(30)24-20(31)25-21)10-27-8-12-6-14(23)2-4-16(12)18(27)29/h1-6H,7-10H2,(H2,24,25,30,31). The maximum Gasteiger partial charge on any atom is 0.322 e. The van der Waals surface area contributed by atoms with Gasteiger partial charge in [0.15, 0.2) is 5.54 Å². The number of urea groups is 1. The molecule has 3 aliphatic rings. The first kappa shape index (κ1) is 19.8. The quantitative estimate of drug-likeness (QED) is 0.685. The average molecular weight is 459 g/mol. The SMILES string of the molecule is O=C1NC(=O)C(CN2Cc3cc(Cl)ccc3C2=O)(CN2Cc3cc(Cl)ccc3C2=O)N1. The van der Waals surface area contributed by atoms with E-state index < -0.39 is 17.5 Å². The van der Waals surface area contributed by atoms with Gasteiger partial charge in [-0.15, -0.1) is 0 Å². The molecule has 0 aliphatic carbocycles. The third-order valence-corrected chi connectivity index (χ3v) is 6.30. The third kappa shape index (κ3) is 3.23. The Labute approximate surface area is 187 Å². The van der Waals surface area contributed by atoms with Gasteiger partial charge in [0.1, 0.15) is 0 Å². The summed E-state index contributed by atoms with van der Waals surface area (Å²) in [5.74, 6) is -1.10. The van der Waals surface area contributed by atoms with Crippen LogP contribution in [0.1, 0.15) is 31.8 Å². The van der Waals surface area contributed by atoms with E-state index in [1.54, 1.807) is 36.4 Å². The van der Waals surface area contributed by atoms with Crippen molar-refractivity contribution in [3.8, 4) is 0 Å². The minimum Gasteiger partial charge on any atom is -0.331 e. The number of fused-ring (bicyclic) bond motifs is 2. The van der Waals surface area contributed by atoms with Crippen LogP contribution >= 0.6 is 23.2 Å². The van der Waals surface area contributed by atoms with Crippen LogP contribution in [0, 0.1) is 0 Å². The zero-order chi connectivity index (χ0) is 21.9. The molecular weight excluding hydrogens is 443 g/mol. The second-order valence-electron chi connectivity index (χ2n) is 7.92. The van der Waals surface area contributed by atoms with Gasteiger partial charge < -0.3 is 15.1 Å². The zero-order valence-corrected chi connectivity index (χ0v) is 17.6. The number of benzene rings is 2. The van der Waals surface area contributed by atoms with Crippen LogP contribution in [0.25, 0.3) is 0 Å². The van der Waals surface area contributed by atoms with Crippen molar-refractivity contribution in [1.82, 2.24) is 20.4 Å². The van der Waals surface area contributed by atoms with E-state index in [4.69, 9.17) is 23.2 Å². The molecule has 0 saturated carbocycles. The number of rotatable bonds is 4. The predicted octanol–water partition coefficient (Wildman–Crippen LogP) is 2.18. The highest BCUT2D eigenvalue weighted by molar-refractivity contribution is 6.31. The Morgan fingerprint density at radius 3 is 1.71 bits per heavy atom. The number of nitrogens with zero attached hydrogens (tertiary/aromatic N) is 2. The fourth-order valence-corrected chi connectivity index (χ4v) is 4.80. The van der Waals surface area contributed by atoms with E-state index in [1.807, 2.05) is 0 Å². The van der Waals surface area contributed by atoms with Crippen LogP contribution in [0.4, 0.5) is 4.79 Å². The fraction of sp³-hybridized carbons (Fsp3) is 0.238. The molecule has 0 atom stereocenters. The molecule has 1 saturated heterocycles. The predicted molar refractivity (Wildman–Crippen MR) is 112 cm³/mol. The molecule has 5 rings (SSSR count). The molecule has 8 nitrogen and oxygen atoms in total. The zero-order valence-electron chi connectivity index (χ0n) is 16.1. The van der Waals surface area contributed by atoms with Crippen molar-refractivity contribution in [3.63, 3.8) is 0 Å². The molecule has 31 heavy (non-hydrogen) atoms. The molecule has 0 bridgehead atoms. The summed E-state index contributed by atoms with van der Waals surface area (Å²) in [7, 11) is 0. The number of carbonyl (C=O) groups excluding carboxylic acids is 4. The lowest BCUT2D eigenvalue weighted by molar-refractivity contribution is -0.125. The number of hydrogen-bond acceptors (Lipinski definition) is 4. The molecule has 3 aliphatic heterocycles. The average Bonchev–Trinajstić information content (AvgIpc) is 3.27. The second kappa shape index (κ2) is 6.96. The molecule has 0 spiro atoms. The molecule has 1 fully saturated rings. The number of halogens is 2. The van der Waals surface area contributed by atoms with Gasteiger partial charge in [0, 0.05) is 34.3 Å². The first-order valence-corrected chi connectivity index (χ1v) is 10.3. The van der Waals surface area contributed by atoms with E-state index in [0.717, 1.165) is 11.1 Å². The Bertz CT molecular complexity index is 1110. The summed E-state index contributed by atoms with van der Waals surface area (Å²) < 4.78 is 0. The van der Waals surface area contributed by atoms with Gasteiger partial charge in [0.05, 0.1) is 13.1 Å². The van der Waals surface area contributed by atoms with Gasteiger partial charge in [-0.05, 0) is 47.5 Å². The molecule has 0 aromatic heterocycles. The largest absolute Gasteiger partial charge is 0.331 e. The fourth-order valence-electron chi connectivity index (χ4n) is 4.41. The van der Waals surface area contributed by atoms with Gasteiger partial charge in [-0.1, -0.05) is 23.2 Å². The summed E-state index contributed by atoms with van der Waals surface area (Å²) in [5, 5.41) is 5.90. The van der Waals surface area contributed by atoms with Crippen LogP contribution in [-0.2, 0) is 17.9 Å². The minimum absolute atomic E-state index is 0.0867. The summed E-state index contributed by atoms with van der Waals surface area (Å²) in [6.45, 7) is 0.333. The highest BCUT2D eigenvalue weighted by Gasteiger charge is 2.51. The van der Waals surface area contributed by atoms with Gasteiger partial charge in [0.25, 0.3) is 17.7 Å². The number of carbonyl (C=O) groups is 4. The third-order valence-electron chi connectivity index (χ3n) is 5.83. The molecule has 10 heteroatoms. The van der Waals surface area contributed by atoms with Gasteiger partial charge >= 0.3 is 6.03 Å². The molecule has 5 amide bonds. The normalized spacial score (nSPS) is 18.9. The Morgan fingerprint density at radius 2 is 1.29 bits per heavy atom. The van der Waals surface area contributed by atoms with Crippen molar-refractivity contribution in [2.24, 2.45) is 0 Å². The van der Waals surface area contributed by atoms with Crippen molar-refractivity contribution < 1.29 is 19.2 Å². The Kier molecular flexibility index (Phi) is 4.46. The van der Waals surface area contributed by atoms with E-state index in [-0.39, 0.29) is 38.0 Å². The molecule has 0 radical (unpaired) electrons. The van der Waals surface area contributed by atoms with Crippen molar-refractivity contribution in [1.29, 1.82) is 0 Å². The molecule has 158 valence electrons. The summed E-state index contributed by atoms with van der Waals surface area (Å²) >= 11 is 12.1. The van der Waals surface area contributed by atoms with E-state index in [2.05, 4.69) is 10.6 Å². The van der Waals surface area contributed by atoms with Crippen LogP contribution in [0.3, 0.4) is 0 Å². The van der Waals surface area contributed by atoms with Gasteiger partial charge in [-0.3, -0.25) is 19.7 Å².